The summed E-state index contributed by atoms with van der Waals surface area (Å²) in [6, 6.07) is 19.5. The second-order valence-corrected chi connectivity index (χ2v) is 6.72. The van der Waals surface area contributed by atoms with Gasteiger partial charge in [-0.05, 0) is 23.1 Å². The van der Waals surface area contributed by atoms with Gasteiger partial charge in [0.1, 0.15) is 6.29 Å². The molecule has 1 aliphatic rings. The summed E-state index contributed by atoms with van der Waals surface area (Å²) in [6.07, 6.45) is 3.46. The summed E-state index contributed by atoms with van der Waals surface area (Å²) in [7, 11) is 0. The summed E-state index contributed by atoms with van der Waals surface area (Å²) >= 11 is 0. The average molecular weight is 335 g/mol. The van der Waals surface area contributed by atoms with Crippen molar-refractivity contribution in [3.63, 3.8) is 0 Å². The van der Waals surface area contributed by atoms with E-state index >= 15 is 0 Å². The fraction of sp³-hybridized carbons (Fsp3) is 0.286. The third kappa shape index (κ3) is 3.12. The Labute approximate surface area is 147 Å². The van der Waals surface area contributed by atoms with Crippen molar-refractivity contribution in [3.8, 4) is 0 Å². The monoisotopic (exact) mass is 335 g/mol. The van der Waals surface area contributed by atoms with Crippen molar-refractivity contribution in [2.45, 2.75) is 31.2 Å². The van der Waals surface area contributed by atoms with Gasteiger partial charge in [0, 0.05) is 18.3 Å². The van der Waals surface area contributed by atoms with Crippen LogP contribution in [0.15, 0.2) is 66.7 Å². The van der Waals surface area contributed by atoms with Crippen LogP contribution in [0.4, 0.5) is 0 Å². The lowest BCUT2D eigenvalue weighted by Crippen LogP contribution is -2.49. The number of hydrogen-bond acceptors (Lipinski definition) is 3. The maximum absolute atomic E-state index is 12.0. The molecule has 0 bridgehead atoms. The first-order valence-corrected chi connectivity index (χ1v) is 8.46. The van der Waals surface area contributed by atoms with Gasteiger partial charge in [0.15, 0.2) is 0 Å². The minimum absolute atomic E-state index is 0.150. The van der Waals surface area contributed by atoms with Crippen molar-refractivity contribution in [1.29, 1.82) is 0 Å². The van der Waals surface area contributed by atoms with Crippen LogP contribution in [0.2, 0.25) is 0 Å². The molecule has 0 heterocycles. The van der Waals surface area contributed by atoms with Gasteiger partial charge >= 0.3 is 0 Å². The van der Waals surface area contributed by atoms with Gasteiger partial charge in [-0.25, -0.2) is 0 Å². The van der Waals surface area contributed by atoms with E-state index in [0.717, 1.165) is 23.0 Å². The van der Waals surface area contributed by atoms with Gasteiger partial charge in [-0.3, -0.25) is 10.1 Å². The highest BCUT2D eigenvalue weighted by molar-refractivity contribution is 5.69. The van der Waals surface area contributed by atoms with Crippen molar-refractivity contribution >= 4 is 11.9 Å². The molecule has 0 N–H and O–H groups in total. The van der Waals surface area contributed by atoms with Crippen LogP contribution in [-0.4, -0.2) is 16.7 Å². The molecule has 4 heteroatoms. The van der Waals surface area contributed by atoms with E-state index in [2.05, 4.69) is 0 Å². The lowest BCUT2D eigenvalue weighted by atomic mass is 9.64. The summed E-state index contributed by atoms with van der Waals surface area (Å²) in [5, 5.41) is 12.0. The zero-order valence-corrected chi connectivity index (χ0v) is 14.2. The summed E-state index contributed by atoms with van der Waals surface area (Å²) in [5.41, 5.74) is 1.87. The number of carbonyl (C=O) groups is 1. The number of allylic oxidation sites excluding steroid dienone is 1. The topological polar surface area (TPSA) is 60.2 Å². The van der Waals surface area contributed by atoms with Gasteiger partial charge in [-0.2, -0.15) is 0 Å². The van der Waals surface area contributed by atoms with Crippen LogP contribution < -0.4 is 0 Å². The van der Waals surface area contributed by atoms with E-state index in [9.17, 15) is 14.9 Å². The Hall–Kier alpha value is -2.75. The average Bonchev–Trinajstić information content (AvgIpc) is 2.65. The van der Waals surface area contributed by atoms with Crippen molar-refractivity contribution < 1.29 is 9.72 Å². The van der Waals surface area contributed by atoms with E-state index in [1.807, 2.05) is 66.7 Å². The summed E-state index contributed by atoms with van der Waals surface area (Å²) in [6.45, 7) is 1.68. The number of nitrogens with zero attached hydrogens (tertiary/aromatic N) is 1. The van der Waals surface area contributed by atoms with Gasteiger partial charge in [0.05, 0.1) is 11.8 Å². The number of rotatable bonds is 5. The normalized spacial score (nSPS) is 25.9. The zero-order chi connectivity index (χ0) is 17.9. The molecule has 0 aromatic heterocycles. The van der Waals surface area contributed by atoms with E-state index in [0.29, 0.717) is 6.42 Å². The molecule has 1 aliphatic carbocycles. The van der Waals surface area contributed by atoms with Crippen LogP contribution in [0, 0.1) is 16.0 Å². The van der Waals surface area contributed by atoms with E-state index in [-0.39, 0.29) is 17.3 Å². The quantitative estimate of drug-likeness (QED) is 0.459. The van der Waals surface area contributed by atoms with Gasteiger partial charge in [-0.1, -0.05) is 66.7 Å². The molecule has 3 atom stereocenters. The molecule has 3 rings (SSSR count). The maximum Gasteiger partial charge on any atom is 0.233 e. The molecule has 0 spiro atoms. The van der Waals surface area contributed by atoms with E-state index < -0.39 is 11.5 Å². The molecule has 0 aliphatic heterocycles. The Morgan fingerprint density at radius 1 is 1.12 bits per heavy atom. The minimum Gasteiger partial charge on any atom is -0.303 e. The van der Waals surface area contributed by atoms with Crippen LogP contribution in [0.5, 0.6) is 0 Å². The van der Waals surface area contributed by atoms with Gasteiger partial charge < -0.3 is 4.79 Å². The second-order valence-electron chi connectivity index (χ2n) is 6.72. The molecular weight excluding hydrogens is 314 g/mol. The number of carbonyl (C=O) groups excluding carboxylic acids is 1. The van der Waals surface area contributed by atoms with Crippen molar-refractivity contribution in [2.24, 2.45) is 5.92 Å². The van der Waals surface area contributed by atoms with E-state index in [4.69, 9.17) is 0 Å². The van der Waals surface area contributed by atoms with Crippen LogP contribution in [0.3, 0.4) is 0 Å². The number of hydrogen-bond donors (Lipinski definition) is 0. The fourth-order valence-electron chi connectivity index (χ4n) is 3.84. The van der Waals surface area contributed by atoms with Crippen LogP contribution in [0.1, 0.15) is 36.8 Å². The van der Waals surface area contributed by atoms with Crippen molar-refractivity contribution in [3.05, 3.63) is 88.0 Å². The van der Waals surface area contributed by atoms with Gasteiger partial charge in [-0.15, -0.1) is 0 Å². The smallest absolute Gasteiger partial charge is 0.233 e. The summed E-state index contributed by atoms with van der Waals surface area (Å²) in [5.74, 6) is -0.719. The first-order valence-electron chi connectivity index (χ1n) is 8.46. The highest BCUT2D eigenvalue weighted by atomic mass is 16.6. The van der Waals surface area contributed by atoms with Crippen molar-refractivity contribution in [2.75, 3.05) is 0 Å². The van der Waals surface area contributed by atoms with Crippen LogP contribution in [-0.2, 0) is 4.79 Å². The predicted octanol–water partition coefficient (Wildman–Crippen LogP) is 4.50. The Morgan fingerprint density at radius 3 is 2.28 bits per heavy atom. The Bertz CT molecular complexity index is 785. The van der Waals surface area contributed by atoms with Crippen LogP contribution in [0.25, 0.3) is 5.57 Å². The third-order valence-electron chi connectivity index (χ3n) is 5.37. The molecule has 0 saturated heterocycles. The first-order chi connectivity index (χ1) is 12.1. The molecule has 2 aromatic carbocycles. The molecule has 0 amide bonds. The number of benzene rings is 2. The third-order valence-corrected chi connectivity index (χ3v) is 5.37. The summed E-state index contributed by atoms with van der Waals surface area (Å²) in [4.78, 5) is 23.1. The van der Waals surface area contributed by atoms with Gasteiger partial charge in [0.25, 0.3) is 0 Å². The molecule has 0 fully saturated rings. The SMILES string of the molecule is C[C@@]1([N+](=O)[O-])[C@@H](c2ccccc2)CC(c2ccccc2)=C[C@H]1CC=O. The predicted molar refractivity (Wildman–Crippen MR) is 97.8 cm³/mol. The molecule has 0 unspecified atom stereocenters. The van der Waals surface area contributed by atoms with Crippen molar-refractivity contribution in [1.82, 2.24) is 0 Å². The summed E-state index contributed by atoms with van der Waals surface area (Å²) < 4.78 is 0. The van der Waals surface area contributed by atoms with Crippen LogP contribution >= 0.6 is 0 Å². The lowest BCUT2D eigenvalue weighted by Gasteiger charge is -2.39. The van der Waals surface area contributed by atoms with E-state index in [1.165, 1.54) is 0 Å². The molecule has 4 nitrogen and oxygen atoms in total. The Morgan fingerprint density at radius 2 is 1.72 bits per heavy atom. The zero-order valence-electron chi connectivity index (χ0n) is 14.2. The highest BCUT2D eigenvalue weighted by Gasteiger charge is 2.54. The fourth-order valence-corrected chi connectivity index (χ4v) is 3.84. The standard InChI is InChI=1S/C21H21NO3/c1-21(22(24)25)19(12-13-23)14-18(16-8-4-2-5-9-16)15-20(21)17-10-6-3-7-11-17/h2-11,13-14,19-20H,12,15H2,1H3/t19-,20-,21+/m1/s1. The Kier molecular flexibility index (Phi) is 4.79. The largest absolute Gasteiger partial charge is 0.303 e. The molecular formula is C21H21NO3. The van der Waals surface area contributed by atoms with E-state index in [1.54, 1.807) is 6.92 Å². The number of nitro groups is 1. The maximum atomic E-state index is 12.0. The minimum atomic E-state index is -1.21. The molecule has 2 aromatic rings. The molecule has 25 heavy (non-hydrogen) atoms. The lowest BCUT2D eigenvalue weighted by molar-refractivity contribution is -0.579. The molecule has 128 valence electrons. The first kappa shape index (κ1) is 17.1. The molecule has 0 saturated carbocycles. The second kappa shape index (κ2) is 7.01. The highest BCUT2D eigenvalue weighted by Crippen LogP contribution is 2.48. The van der Waals surface area contributed by atoms with Gasteiger partial charge in [0.2, 0.25) is 5.54 Å². The Balaban J connectivity index is 2.14. The number of aldehydes is 1. The molecule has 0 radical (unpaired) electrons.